The number of carboxylic acids is 1. The molecule has 1 fully saturated rings. The van der Waals surface area contributed by atoms with Gasteiger partial charge in [-0.15, -0.1) is 0 Å². The number of aromatic carboxylic acids is 1. The van der Waals surface area contributed by atoms with E-state index in [-0.39, 0.29) is 9.88 Å². The number of benzene rings is 2. The van der Waals surface area contributed by atoms with E-state index in [2.05, 4.69) is 5.43 Å². The number of nitrogens with one attached hydrogen (secondary N) is 1. The Kier molecular flexibility index (Phi) is 5.38. The minimum Gasteiger partial charge on any atom is -0.478 e. The summed E-state index contributed by atoms with van der Waals surface area (Å²) in [6.07, 6.45) is 1.60. The summed E-state index contributed by atoms with van der Waals surface area (Å²) in [6.45, 7) is 1.91. The molecule has 2 aromatic carbocycles. The first kappa shape index (κ1) is 18.8. The average Bonchev–Trinajstić information content (AvgIpc) is 2.90. The fraction of sp³-hybridized carbons (Fsp3) is 0.0526. The number of carboxylic acid groups (broad SMARTS) is 1. The van der Waals surface area contributed by atoms with Crippen molar-refractivity contribution in [2.24, 2.45) is 0 Å². The number of amides is 2. The molecule has 0 unspecified atom stereocenters. The molecule has 8 heteroatoms. The summed E-state index contributed by atoms with van der Waals surface area (Å²) in [5, 5.41) is 9.97. The van der Waals surface area contributed by atoms with E-state index in [0.717, 1.165) is 22.3 Å². The van der Waals surface area contributed by atoms with Crippen molar-refractivity contribution in [2.75, 3.05) is 0 Å². The molecule has 136 valence electrons. The lowest BCUT2D eigenvalue weighted by atomic mass is 10.1. The maximum absolute atomic E-state index is 12.6. The van der Waals surface area contributed by atoms with Crippen LogP contribution in [0.15, 0.2) is 53.4 Å². The minimum absolute atomic E-state index is 0.157. The maximum Gasteiger partial charge on any atom is 0.335 e. The largest absolute Gasteiger partial charge is 0.478 e. The molecule has 0 radical (unpaired) electrons. The first-order valence-corrected chi connectivity index (χ1v) is 9.06. The molecule has 2 aromatic rings. The number of hydrogen-bond acceptors (Lipinski definition) is 5. The van der Waals surface area contributed by atoms with Gasteiger partial charge in [0.25, 0.3) is 11.8 Å². The number of nitrogens with zero attached hydrogens (tertiary/aromatic N) is 1. The summed E-state index contributed by atoms with van der Waals surface area (Å²) in [5.74, 6) is -1.89. The summed E-state index contributed by atoms with van der Waals surface area (Å²) >= 11 is 6.25. The number of thiocarbonyl (C=S) groups is 1. The van der Waals surface area contributed by atoms with Gasteiger partial charge in [0.2, 0.25) is 0 Å². The predicted molar refractivity (Wildman–Crippen MR) is 107 cm³/mol. The van der Waals surface area contributed by atoms with Crippen LogP contribution in [0.2, 0.25) is 0 Å². The molecule has 0 aromatic heterocycles. The maximum atomic E-state index is 12.6. The summed E-state index contributed by atoms with van der Waals surface area (Å²) in [6, 6.07) is 13.0. The van der Waals surface area contributed by atoms with E-state index in [4.69, 9.17) is 17.3 Å². The summed E-state index contributed by atoms with van der Waals surface area (Å²) in [5.41, 5.74) is 4.78. The van der Waals surface area contributed by atoms with E-state index in [1.54, 1.807) is 42.5 Å². The van der Waals surface area contributed by atoms with Crippen LogP contribution in [0.3, 0.4) is 0 Å². The number of hydrazine groups is 1. The van der Waals surface area contributed by atoms with Gasteiger partial charge in [-0.25, -0.2) is 4.79 Å². The van der Waals surface area contributed by atoms with Crippen molar-refractivity contribution < 1.29 is 19.5 Å². The van der Waals surface area contributed by atoms with Crippen LogP contribution in [-0.4, -0.2) is 32.2 Å². The topological polar surface area (TPSA) is 86.7 Å². The van der Waals surface area contributed by atoms with Crippen molar-refractivity contribution in [1.82, 2.24) is 10.4 Å². The molecule has 0 aliphatic carbocycles. The Labute approximate surface area is 164 Å². The van der Waals surface area contributed by atoms with E-state index in [1.807, 2.05) is 6.92 Å². The highest BCUT2D eigenvalue weighted by atomic mass is 32.2. The standard InChI is InChI=1S/C19H14N2O4S2/c1-11-2-6-13(7-3-11)16(22)20-21-17(23)15(27-19(21)26)10-12-4-8-14(9-5-12)18(24)25/h2-10H,1H3,(H,20,22)(H,24,25)/b15-10-. The first-order valence-electron chi connectivity index (χ1n) is 7.84. The van der Waals surface area contributed by atoms with E-state index in [1.165, 1.54) is 12.1 Å². The Morgan fingerprint density at radius 2 is 1.67 bits per heavy atom. The molecule has 3 rings (SSSR count). The van der Waals surface area contributed by atoms with E-state index in [0.29, 0.717) is 16.0 Å². The van der Waals surface area contributed by atoms with Gasteiger partial charge in [-0.2, -0.15) is 5.01 Å². The molecule has 2 N–H and O–H groups in total. The number of thioether (sulfide) groups is 1. The van der Waals surface area contributed by atoms with Crippen molar-refractivity contribution in [3.05, 3.63) is 75.7 Å². The third-order valence-electron chi connectivity index (χ3n) is 3.78. The zero-order valence-corrected chi connectivity index (χ0v) is 15.8. The third kappa shape index (κ3) is 4.24. The molecular formula is C19H14N2O4S2. The predicted octanol–water partition coefficient (Wildman–Crippen LogP) is 3.24. The Balaban J connectivity index is 1.75. The third-order valence-corrected chi connectivity index (χ3v) is 5.08. The van der Waals surface area contributed by atoms with Gasteiger partial charge < -0.3 is 5.11 Å². The summed E-state index contributed by atoms with van der Waals surface area (Å²) in [4.78, 5) is 36.1. The highest BCUT2D eigenvalue weighted by Gasteiger charge is 2.33. The van der Waals surface area contributed by atoms with E-state index in [9.17, 15) is 14.4 Å². The normalized spacial score (nSPS) is 15.3. The lowest BCUT2D eigenvalue weighted by Gasteiger charge is -2.15. The van der Waals surface area contributed by atoms with Crippen LogP contribution >= 0.6 is 24.0 Å². The van der Waals surface area contributed by atoms with Crippen LogP contribution in [0.4, 0.5) is 0 Å². The Morgan fingerprint density at radius 1 is 1.07 bits per heavy atom. The molecule has 0 bridgehead atoms. The van der Waals surface area contributed by atoms with Crippen molar-refractivity contribution in [3.8, 4) is 0 Å². The number of hydrogen-bond donors (Lipinski definition) is 2. The fourth-order valence-electron chi connectivity index (χ4n) is 2.31. The molecule has 6 nitrogen and oxygen atoms in total. The van der Waals surface area contributed by atoms with Crippen molar-refractivity contribution >= 4 is 52.2 Å². The van der Waals surface area contributed by atoms with Gasteiger partial charge in [0.1, 0.15) is 0 Å². The molecular weight excluding hydrogens is 384 g/mol. The lowest BCUT2D eigenvalue weighted by Crippen LogP contribution is -2.44. The van der Waals surface area contributed by atoms with E-state index < -0.39 is 17.8 Å². The van der Waals surface area contributed by atoms with E-state index >= 15 is 0 Å². The van der Waals surface area contributed by atoms with Gasteiger partial charge >= 0.3 is 5.97 Å². The van der Waals surface area contributed by atoms with Gasteiger partial charge in [-0.1, -0.05) is 41.6 Å². The molecule has 2 amide bonds. The van der Waals surface area contributed by atoms with Crippen LogP contribution in [0, 0.1) is 6.92 Å². The SMILES string of the molecule is Cc1ccc(C(=O)NN2C(=O)/C(=C/c3ccc(C(=O)O)cc3)SC2=S)cc1. The molecule has 1 aliphatic heterocycles. The van der Waals surface area contributed by atoms with Crippen LogP contribution in [-0.2, 0) is 4.79 Å². The van der Waals surface area contributed by atoms with Gasteiger partial charge in [-0.3, -0.25) is 15.0 Å². The Bertz CT molecular complexity index is 966. The van der Waals surface area contributed by atoms with Crippen molar-refractivity contribution in [3.63, 3.8) is 0 Å². The highest BCUT2D eigenvalue weighted by Crippen LogP contribution is 2.31. The zero-order valence-electron chi connectivity index (χ0n) is 14.1. The van der Waals surface area contributed by atoms with Crippen LogP contribution in [0.25, 0.3) is 6.08 Å². The zero-order chi connectivity index (χ0) is 19.6. The summed E-state index contributed by atoms with van der Waals surface area (Å²) < 4.78 is 0.217. The molecule has 1 saturated heterocycles. The first-order chi connectivity index (χ1) is 12.8. The van der Waals surface area contributed by atoms with Gasteiger partial charge in [-0.05, 0) is 55.0 Å². The van der Waals surface area contributed by atoms with Gasteiger partial charge in [0.05, 0.1) is 10.5 Å². The van der Waals surface area contributed by atoms with Crippen molar-refractivity contribution in [1.29, 1.82) is 0 Å². The smallest absolute Gasteiger partial charge is 0.335 e. The molecule has 1 aliphatic rings. The highest BCUT2D eigenvalue weighted by molar-refractivity contribution is 8.26. The van der Waals surface area contributed by atoms with Crippen LogP contribution in [0.1, 0.15) is 31.8 Å². The molecule has 0 atom stereocenters. The number of aryl methyl sites for hydroxylation is 1. The average molecular weight is 398 g/mol. The minimum atomic E-state index is -1.02. The number of rotatable bonds is 4. The molecule has 0 spiro atoms. The van der Waals surface area contributed by atoms with Gasteiger partial charge in [0.15, 0.2) is 4.32 Å². The second kappa shape index (κ2) is 7.73. The Hall–Kier alpha value is -2.97. The van der Waals surface area contributed by atoms with Crippen LogP contribution < -0.4 is 5.43 Å². The van der Waals surface area contributed by atoms with Crippen molar-refractivity contribution in [2.45, 2.75) is 6.92 Å². The van der Waals surface area contributed by atoms with Crippen LogP contribution in [0.5, 0.6) is 0 Å². The van der Waals surface area contributed by atoms with Gasteiger partial charge in [0, 0.05) is 5.56 Å². The molecule has 1 heterocycles. The Morgan fingerprint density at radius 3 is 2.26 bits per heavy atom. The lowest BCUT2D eigenvalue weighted by molar-refractivity contribution is -0.123. The number of carbonyl (C=O) groups is 3. The monoisotopic (exact) mass is 398 g/mol. The second-order valence-corrected chi connectivity index (χ2v) is 7.43. The fourth-order valence-corrected chi connectivity index (χ4v) is 3.49. The second-order valence-electron chi connectivity index (χ2n) is 5.75. The number of carbonyl (C=O) groups excluding carboxylic acids is 2. The summed E-state index contributed by atoms with van der Waals surface area (Å²) in [7, 11) is 0. The molecule has 0 saturated carbocycles. The quantitative estimate of drug-likeness (QED) is 0.607. The molecule has 27 heavy (non-hydrogen) atoms.